The number of hydrogen-bond donors (Lipinski definition) is 2. The third-order valence-corrected chi connectivity index (χ3v) is 6.45. The van der Waals surface area contributed by atoms with Crippen LogP contribution in [0.5, 0.6) is 0 Å². The fourth-order valence-electron chi connectivity index (χ4n) is 3.33. The van der Waals surface area contributed by atoms with E-state index in [1.54, 1.807) is 12.1 Å². The number of nitrogens with one attached hydrogen (secondary N) is 2. The van der Waals surface area contributed by atoms with E-state index in [2.05, 4.69) is 17.0 Å². The molecule has 2 atom stereocenters. The summed E-state index contributed by atoms with van der Waals surface area (Å²) in [5.41, 5.74) is 1.24. The van der Waals surface area contributed by atoms with E-state index in [1.165, 1.54) is 12.5 Å². The topological polar surface area (TPSA) is 75.3 Å². The Kier molecular flexibility index (Phi) is 4.97. The summed E-state index contributed by atoms with van der Waals surface area (Å²) < 4.78 is 27.4. The van der Waals surface area contributed by atoms with Crippen LogP contribution >= 0.6 is 0 Å². The van der Waals surface area contributed by atoms with E-state index >= 15 is 0 Å². The van der Waals surface area contributed by atoms with Gasteiger partial charge < -0.3 is 5.32 Å². The van der Waals surface area contributed by atoms with Gasteiger partial charge in [0.15, 0.2) is 0 Å². The molecule has 0 bridgehead atoms. The lowest BCUT2D eigenvalue weighted by Crippen LogP contribution is -2.38. The number of hydrogen-bond acceptors (Lipinski definition) is 3. The van der Waals surface area contributed by atoms with Crippen LogP contribution in [0, 0.1) is 12.8 Å². The molecule has 24 heavy (non-hydrogen) atoms. The molecule has 0 heterocycles. The van der Waals surface area contributed by atoms with Crippen molar-refractivity contribution in [3.63, 3.8) is 0 Å². The number of carbonyl (C=O) groups is 1. The molecular weight excluding hydrogens is 324 g/mol. The minimum atomic E-state index is -3.54. The Morgan fingerprint density at radius 2 is 1.88 bits per heavy atom. The standard InChI is InChI=1S/C18H26N2O3S/c1-12-4-3-5-15(10-12)19-18(21)17-11-16(9-6-13(17)2)24(22,23)20-14-7-8-14/h6,9,11-12,14-15,20H,3-5,7-8,10H2,1-2H3,(H,19,21). The highest BCUT2D eigenvalue weighted by molar-refractivity contribution is 7.89. The number of carbonyl (C=O) groups excluding carboxylic acids is 1. The predicted octanol–water partition coefficient (Wildman–Crippen LogP) is 2.74. The van der Waals surface area contributed by atoms with E-state index in [-0.39, 0.29) is 22.9 Å². The number of aryl methyl sites for hydroxylation is 1. The molecule has 0 saturated heterocycles. The van der Waals surface area contributed by atoms with Crippen LogP contribution in [-0.4, -0.2) is 26.4 Å². The van der Waals surface area contributed by atoms with E-state index in [4.69, 9.17) is 0 Å². The molecule has 1 aromatic rings. The molecule has 132 valence electrons. The molecule has 2 unspecified atom stereocenters. The summed E-state index contributed by atoms with van der Waals surface area (Å²) >= 11 is 0. The first kappa shape index (κ1) is 17.4. The van der Waals surface area contributed by atoms with E-state index in [9.17, 15) is 13.2 Å². The fraction of sp³-hybridized carbons (Fsp3) is 0.611. The van der Waals surface area contributed by atoms with Gasteiger partial charge in [-0.2, -0.15) is 0 Å². The number of rotatable bonds is 5. The molecule has 2 N–H and O–H groups in total. The molecule has 2 aliphatic rings. The van der Waals surface area contributed by atoms with Gasteiger partial charge in [0, 0.05) is 17.6 Å². The van der Waals surface area contributed by atoms with Gasteiger partial charge in [0.25, 0.3) is 5.91 Å². The number of benzene rings is 1. The molecule has 3 rings (SSSR count). The van der Waals surface area contributed by atoms with Crippen molar-refractivity contribution in [3.8, 4) is 0 Å². The molecular formula is C18H26N2O3S. The second-order valence-electron chi connectivity index (χ2n) is 7.31. The van der Waals surface area contributed by atoms with Gasteiger partial charge in [-0.25, -0.2) is 13.1 Å². The van der Waals surface area contributed by atoms with Crippen molar-refractivity contribution in [3.05, 3.63) is 29.3 Å². The van der Waals surface area contributed by atoms with Crippen LogP contribution in [0.4, 0.5) is 0 Å². The molecule has 2 aliphatic carbocycles. The SMILES string of the molecule is Cc1ccc(S(=O)(=O)NC2CC2)cc1C(=O)NC1CCCC(C)C1. The summed E-state index contributed by atoms with van der Waals surface area (Å²) in [7, 11) is -3.54. The average Bonchev–Trinajstić information content (AvgIpc) is 3.30. The van der Waals surface area contributed by atoms with Crippen LogP contribution in [0.25, 0.3) is 0 Å². The molecule has 2 fully saturated rings. The lowest BCUT2D eigenvalue weighted by molar-refractivity contribution is 0.0920. The zero-order chi connectivity index (χ0) is 17.3. The minimum Gasteiger partial charge on any atom is -0.349 e. The maximum absolute atomic E-state index is 12.6. The van der Waals surface area contributed by atoms with Crippen molar-refractivity contribution in [2.45, 2.75) is 69.4 Å². The van der Waals surface area contributed by atoms with Crippen molar-refractivity contribution in [2.75, 3.05) is 0 Å². The molecule has 0 spiro atoms. The van der Waals surface area contributed by atoms with E-state index in [0.29, 0.717) is 11.5 Å². The summed E-state index contributed by atoms with van der Waals surface area (Å²) in [4.78, 5) is 12.8. The summed E-state index contributed by atoms with van der Waals surface area (Å²) in [5.74, 6) is 0.453. The van der Waals surface area contributed by atoms with E-state index < -0.39 is 10.0 Å². The highest BCUT2D eigenvalue weighted by Crippen LogP contribution is 2.25. The van der Waals surface area contributed by atoms with Crippen molar-refractivity contribution >= 4 is 15.9 Å². The molecule has 0 radical (unpaired) electrons. The zero-order valence-electron chi connectivity index (χ0n) is 14.3. The smallest absolute Gasteiger partial charge is 0.251 e. The van der Waals surface area contributed by atoms with Crippen LogP contribution in [0.1, 0.15) is 61.4 Å². The van der Waals surface area contributed by atoms with Crippen molar-refractivity contribution in [1.29, 1.82) is 0 Å². The highest BCUT2D eigenvalue weighted by Gasteiger charge is 2.29. The maximum Gasteiger partial charge on any atom is 0.251 e. The van der Waals surface area contributed by atoms with Crippen LogP contribution in [0.2, 0.25) is 0 Å². The molecule has 1 aromatic carbocycles. The van der Waals surface area contributed by atoms with Gasteiger partial charge in [0.05, 0.1) is 4.90 Å². The number of amides is 1. The van der Waals surface area contributed by atoms with Gasteiger partial charge in [-0.3, -0.25) is 4.79 Å². The first-order chi connectivity index (χ1) is 11.3. The Bertz CT molecular complexity index is 726. The zero-order valence-corrected chi connectivity index (χ0v) is 15.2. The summed E-state index contributed by atoms with van der Waals surface area (Å²) in [6.45, 7) is 4.05. The van der Waals surface area contributed by atoms with Crippen LogP contribution in [-0.2, 0) is 10.0 Å². The lowest BCUT2D eigenvalue weighted by Gasteiger charge is -2.27. The predicted molar refractivity (Wildman–Crippen MR) is 93.4 cm³/mol. The highest BCUT2D eigenvalue weighted by atomic mass is 32.2. The van der Waals surface area contributed by atoms with Crippen molar-refractivity contribution < 1.29 is 13.2 Å². The fourth-order valence-corrected chi connectivity index (χ4v) is 4.66. The second-order valence-corrected chi connectivity index (χ2v) is 9.03. The first-order valence-corrected chi connectivity index (χ1v) is 10.3. The molecule has 6 heteroatoms. The van der Waals surface area contributed by atoms with Crippen LogP contribution in [0.3, 0.4) is 0 Å². The summed E-state index contributed by atoms with van der Waals surface area (Å²) in [5, 5.41) is 3.08. The summed E-state index contributed by atoms with van der Waals surface area (Å²) in [6.07, 6.45) is 6.11. The van der Waals surface area contributed by atoms with Gasteiger partial charge in [-0.05, 0) is 56.2 Å². The Morgan fingerprint density at radius 1 is 1.12 bits per heavy atom. The first-order valence-electron chi connectivity index (χ1n) is 8.79. The molecule has 0 aliphatic heterocycles. The molecule has 5 nitrogen and oxygen atoms in total. The minimum absolute atomic E-state index is 0.0531. The monoisotopic (exact) mass is 350 g/mol. The van der Waals surface area contributed by atoms with Crippen LogP contribution < -0.4 is 10.0 Å². The van der Waals surface area contributed by atoms with Gasteiger partial charge in [-0.15, -0.1) is 0 Å². The third-order valence-electron chi connectivity index (χ3n) is 4.93. The van der Waals surface area contributed by atoms with E-state index in [1.807, 2.05) is 6.92 Å². The Labute approximate surface area is 144 Å². The molecule has 2 saturated carbocycles. The third kappa shape index (κ3) is 4.16. The Hall–Kier alpha value is -1.40. The van der Waals surface area contributed by atoms with Gasteiger partial charge in [0.2, 0.25) is 10.0 Å². The normalized spacial score (nSPS) is 24.6. The quantitative estimate of drug-likeness (QED) is 0.857. The van der Waals surface area contributed by atoms with Crippen molar-refractivity contribution in [2.24, 2.45) is 5.92 Å². The summed E-state index contributed by atoms with van der Waals surface area (Å²) in [6, 6.07) is 5.02. The van der Waals surface area contributed by atoms with Gasteiger partial charge >= 0.3 is 0 Å². The maximum atomic E-state index is 12.6. The largest absolute Gasteiger partial charge is 0.349 e. The van der Waals surface area contributed by atoms with Crippen molar-refractivity contribution in [1.82, 2.24) is 10.0 Å². The Balaban J connectivity index is 1.76. The number of sulfonamides is 1. The van der Waals surface area contributed by atoms with Gasteiger partial charge in [-0.1, -0.05) is 25.8 Å². The van der Waals surface area contributed by atoms with Gasteiger partial charge in [0.1, 0.15) is 0 Å². The lowest BCUT2D eigenvalue weighted by atomic mass is 9.87. The van der Waals surface area contributed by atoms with E-state index in [0.717, 1.165) is 37.7 Å². The van der Waals surface area contributed by atoms with Crippen LogP contribution in [0.15, 0.2) is 23.1 Å². The second kappa shape index (κ2) is 6.84. The molecule has 0 aromatic heterocycles. The molecule has 1 amide bonds. The average molecular weight is 350 g/mol. The Morgan fingerprint density at radius 3 is 2.54 bits per heavy atom.